The van der Waals surface area contributed by atoms with Gasteiger partial charge in [-0.05, 0) is 68.2 Å². The highest BCUT2D eigenvalue weighted by Gasteiger charge is 2.20. The Balaban J connectivity index is 1.88. The Morgan fingerprint density at radius 1 is 1.16 bits per heavy atom. The minimum Gasteiger partial charge on any atom is -0.240 e. The van der Waals surface area contributed by atoms with Gasteiger partial charge in [0, 0.05) is 0 Å². The molecule has 0 bridgehead atoms. The quantitative estimate of drug-likeness (QED) is 0.597. The molecule has 0 amide bonds. The molecule has 98 valence electrons. The molecule has 3 heteroatoms. The highest BCUT2D eigenvalue weighted by Crippen LogP contribution is 2.29. The molecule has 0 atom stereocenters. The third-order valence-electron chi connectivity index (χ3n) is 3.73. The van der Waals surface area contributed by atoms with Gasteiger partial charge in [0.25, 0.3) is 0 Å². The Labute approximate surface area is 113 Å². The van der Waals surface area contributed by atoms with Crippen LogP contribution in [0.2, 0.25) is 0 Å². The minimum atomic E-state index is 0.429. The fourth-order valence-electron chi connectivity index (χ4n) is 2.70. The van der Waals surface area contributed by atoms with Crippen LogP contribution in [-0.2, 0) is 11.2 Å². The number of hydrogen-bond donors (Lipinski definition) is 0. The van der Waals surface area contributed by atoms with Crippen molar-refractivity contribution in [3.63, 3.8) is 0 Å². The fourth-order valence-corrected chi connectivity index (χ4v) is 2.70. The Morgan fingerprint density at radius 2 is 1.84 bits per heavy atom. The van der Waals surface area contributed by atoms with Gasteiger partial charge in [0.1, 0.15) is 0 Å². The van der Waals surface area contributed by atoms with Crippen LogP contribution in [0.1, 0.15) is 31.2 Å². The van der Waals surface area contributed by atoms with Crippen molar-refractivity contribution in [1.29, 1.82) is 0 Å². The monoisotopic (exact) mass is 254 g/mol. The topological polar surface area (TPSA) is 41.8 Å². The summed E-state index contributed by atoms with van der Waals surface area (Å²) in [7, 11) is 0. The third-order valence-corrected chi connectivity index (χ3v) is 3.73. The number of aliphatic imine (C=N–C) groups is 2. The standard InChI is InChI=1S/C16H18N2O/c1-2-17-15-7-3-13(4-8-15)11-14-5-9-16(10-6-14)18-12-19/h5-6,9-10,13,15H,1,3-4,7-8,11H2. The summed E-state index contributed by atoms with van der Waals surface area (Å²) in [5, 5.41) is 0. The number of rotatable bonds is 4. The highest BCUT2D eigenvalue weighted by atomic mass is 16.1. The first kappa shape index (κ1) is 13.5. The summed E-state index contributed by atoms with van der Waals surface area (Å²) in [5.41, 5.74) is 1.98. The van der Waals surface area contributed by atoms with Crippen molar-refractivity contribution >= 4 is 17.6 Å². The Hall–Kier alpha value is -1.95. The summed E-state index contributed by atoms with van der Waals surface area (Å²) in [6, 6.07) is 8.26. The molecule has 1 saturated carbocycles. The average molecular weight is 254 g/mol. The van der Waals surface area contributed by atoms with Crippen molar-refractivity contribution in [2.24, 2.45) is 15.9 Å². The van der Waals surface area contributed by atoms with E-state index in [9.17, 15) is 4.79 Å². The van der Waals surface area contributed by atoms with Gasteiger partial charge in [0.15, 0.2) is 0 Å². The van der Waals surface area contributed by atoms with Crippen LogP contribution in [0.15, 0.2) is 40.8 Å². The van der Waals surface area contributed by atoms with Gasteiger partial charge in [-0.2, -0.15) is 4.99 Å². The molecule has 19 heavy (non-hydrogen) atoms. The number of nitrogens with zero attached hydrogens (tertiary/aromatic N) is 2. The van der Waals surface area contributed by atoms with E-state index in [4.69, 9.17) is 0 Å². The van der Waals surface area contributed by atoms with E-state index in [0.717, 1.165) is 25.2 Å². The maximum absolute atomic E-state index is 10.1. The molecule has 3 nitrogen and oxygen atoms in total. The molecule has 0 spiro atoms. The van der Waals surface area contributed by atoms with Gasteiger partial charge in [-0.3, -0.25) is 0 Å². The second-order valence-electron chi connectivity index (χ2n) is 5.04. The van der Waals surface area contributed by atoms with Crippen molar-refractivity contribution in [2.45, 2.75) is 38.1 Å². The lowest BCUT2D eigenvalue weighted by Crippen LogP contribution is -2.18. The molecule has 0 aromatic heterocycles. The first-order chi connectivity index (χ1) is 9.31. The summed E-state index contributed by atoms with van der Waals surface area (Å²) in [6.45, 7) is 3.54. The Morgan fingerprint density at radius 3 is 2.42 bits per heavy atom. The van der Waals surface area contributed by atoms with Crippen LogP contribution < -0.4 is 0 Å². The zero-order valence-corrected chi connectivity index (χ0v) is 11.0. The predicted molar refractivity (Wildman–Crippen MR) is 76.7 cm³/mol. The molecule has 0 unspecified atom stereocenters. The van der Waals surface area contributed by atoms with E-state index in [-0.39, 0.29) is 0 Å². The van der Waals surface area contributed by atoms with Crippen LogP contribution in [0.5, 0.6) is 0 Å². The molecule has 1 aliphatic carbocycles. The SMILES string of the molecule is C=C=NC1CCC(Cc2ccc(N=C=O)cc2)CC1. The third kappa shape index (κ3) is 4.03. The van der Waals surface area contributed by atoms with Crippen molar-refractivity contribution in [2.75, 3.05) is 0 Å². The molecule has 1 aliphatic rings. The lowest BCUT2D eigenvalue weighted by Gasteiger charge is -2.25. The van der Waals surface area contributed by atoms with Crippen LogP contribution in [0.25, 0.3) is 0 Å². The highest BCUT2D eigenvalue weighted by molar-refractivity contribution is 5.49. The van der Waals surface area contributed by atoms with Crippen LogP contribution in [0.3, 0.4) is 0 Å². The van der Waals surface area contributed by atoms with E-state index in [1.807, 2.05) is 24.3 Å². The van der Waals surface area contributed by atoms with Crippen LogP contribution in [-0.4, -0.2) is 18.0 Å². The van der Waals surface area contributed by atoms with Gasteiger partial charge in [-0.1, -0.05) is 12.1 Å². The molecular formula is C16H18N2O. The van der Waals surface area contributed by atoms with Crippen molar-refractivity contribution in [3.8, 4) is 0 Å². The molecule has 2 rings (SSSR count). The number of isocyanates is 1. The summed E-state index contributed by atoms with van der Waals surface area (Å²) in [4.78, 5) is 18.0. The van der Waals surface area contributed by atoms with Gasteiger partial charge in [-0.25, -0.2) is 9.79 Å². The second kappa shape index (κ2) is 6.84. The summed E-state index contributed by atoms with van der Waals surface area (Å²) in [5.74, 6) is 3.39. The van der Waals surface area contributed by atoms with E-state index in [1.54, 1.807) is 6.08 Å². The van der Waals surface area contributed by atoms with Gasteiger partial charge in [0.05, 0.1) is 11.7 Å². The smallest absolute Gasteiger partial charge is 0.240 e. The Bertz CT molecular complexity index is 500. The molecule has 0 saturated heterocycles. The van der Waals surface area contributed by atoms with Crippen molar-refractivity contribution < 1.29 is 4.79 Å². The normalized spacial score (nSPS) is 22.1. The molecule has 1 fully saturated rings. The first-order valence-electron chi connectivity index (χ1n) is 6.70. The Kier molecular flexibility index (Phi) is 4.85. The average Bonchev–Trinajstić information content (AvgIpc) is 2.44. The molecular weight excluding hydrogens is 236 g/mol. The van der Waals surface area contributed by atoms with E-state index < -0.39 is 0 Å². The van der Waals surface area contributed by atoms with Crippen LogP contribution in [0.4, 0.5) is 5.69 Å². The van der Waals surface area contributed by atoms with Gasteiger partial charge < -0.3 is 0 Å². The molecule has 1 aromatic rings. The summed E-state index contributed by atoms with van der Waals surface area (Å²) < 4.78 is 0. The maximum Gasteiger partial charge on any atom is 0.240 e. The molecule has 0 N–H and O–H groups in total. The number of benzene rings is 1. The fraction of sp³-hybridized carbons (Fsp3) is 0.438. The van der Waals surface area contributed by atoms with Gasteiger partial charge in [-0.15, -0.1) is 0 Å². The van der Waals surface area contributed by atoms with E-state index in [1.165, 1.54) is 18.4 Å². The van der Waals surface area contributed by atoms with Gasteiger partial charge in [0.2, 0.25) is 6.08 Å². The van der Waals surface area contributed by atoms with Crippen molar-refractivity contribution in [3.05, 3.63) is 36.4 Å². The van der Waals surface area contributed by atoms with E-state index in [2.05, 4.69) is 22.4 Å². The second-order valence-corrected chi connectivity index (χ2v) is 5.04. The molecule has 0 radical (unpaired) electrons. The lowest BCUT2D eigenvalue weighted by atomic mass is 9.82. The molecule has 1 aromatic carbocycles. The number of carbonyl (C=O) groups excluding carboxylic acids is 1. The lowest BCUT2D eigenvalue weighted by molar-refractivity contribution is 0.327. The first-order valence-corrected chi connectivity index (χ1v) is 6.70. The summed E-state index contributed by atoms with van der Waals surface area (Å²) >= 11 is 0. The van der Waals surface area contributed by atoms with Crippen LogP contribution >= 0.6 is 0 Å². The van der Waals surface area contributed by atoms with Crippen molar-refractivity contribution in [1.82, 2.24) is 0 Å². The van der Waals surface area contributed by atoms with Gasteiger partial charge >= 0.3 is 0 Å². The van der Waals surface area contributed by atoms with E-state index >= 15 is 0 Å². The van der Waals surface area contributed by atoms with E-state index in [0.29, 0.717) is 11.7 Å². The number of hydrogen-bond acceptors (Lipinski definition) is 3. The largest absolute Gasteiger partial charge is 0.240 e. The minimum absolute atomic E-state index is 0.429. The summed E-state index contributed by atoms with van der Waals surface area (Å²) in [6.07, 6.45) is 7.35. The zero-order chi connectivity index (χ0) is 13.5. The molecule has 0 heterocycles. The predicted octanol–water partition coefficient (Wildman–Crippen LogP) is 3.61. The zero-order valence-electron chi connectivity index (χ0n) is 11.0. The van der Waals surface area contributed by atoms with Crippen LogP contribution in [0, 0.1) is 5.92 Å². The maximum atomic E-state index is 10.1. The molecule has 0 aliphatic heterocycles.